The topological polar surface area (TPSA) is 72.1 Å². The molecule has 0 fully saturated rings. The molecular formula is C12H16N4O2. The van der Waals surface area contributed by atoms with Gasteiger partial charge in [-0.3, -0.25) is 5.10 Å². The molecule has 1 atom stereocenters. The molecule has 2 aromatic rings. The molecule has 0 aliphatic heterocycles. The predicted molar refractivity (Wildman–Crippen MR) is 66.8 cm³/mol. The van der Waals surface area contributed by atoms with E-state index in [4.69, 9.17) is 9.47 Å². The quantitative estimate of drug-likeness (QED) is 0.830. The first kappa shape index (κ1) is 12.4. The zero-order chi connectivity index (χ0) is 13.0. The smallest absolute Gasteiger partial charge is 0.146 e. The van der Waals surface area contributed by atoms with Gasteiger partial charge in [0.05, 0.1) is 25.8 Å². The maximum atomic E-state index is 5.39. The number of nitrogens with one attached hydrogen (secondary N) is 2. The van der Waals surface area contributed by atoms with Crippen molar-refractivity contribution in [3.63, 3.8) is 0 Å². The highest BCUT2D eigenvalue weighted by atomic mass is 16.5. The number of H-pyrrole nitrogens is 1. The van der Waals surface area contributed by atoms with Gasteiger partial charge in [0.15, 0.2) is 0 Å². The van der Waals surface area contributed by atoms with Gasteiger partial charge in [0.25, 0.3) is 0 Å². The Morgan fingerprint density at radius 1 is 1.22 bits per heavy atom. The molecule has 96 valence electrons. The highest BCUT2D eigenvalue weighted by Crippen LogP contribution is 2.35. The Morgan fingerprint density at radius 3 is 2.33 bits per heavy atom. The van der Waals surface area contributed by atoms with Crippen LogP contribution >= 0.6 is 0 Å². The van der Waals surface area contributed by atoms with Gasteiger partial charge in [-0.1, -0.05) is 6.07 Å². The van der Waals surface area contributed by atoms with E-state index < -0.39 is 0 Å². The molecule has 2 N–H and O–H groups in total. The second-order valence-corrected chi connectivity index (χ2v) is 3.67. The highest BCUT2D eigenvalue weighted by Gasteiger charge is 2.23. The molecule has 0 spiro atoms. The average molecular weight is 248 g/mol. The van der Waals surface area contributed by atoms with E-state index in [0.29, 0.717) is 5.82 Å². The lowest BCUT2D eigenvalue weighted by atomic mass is 10.0. The molecule has 0 aliphatic rings. The van der Waals surface area contributed by atoms with Gasteiger partial charge >= 0.3 is 0 Å². The fraction of sp³-hybridized carbons (Fsp3) is 0.333. The van der Waals surface area contributed by atoms with E-state index in [1.807, 2.05) is 25.2 Å². The van der Waals surface area contributed by atoms with Crippen molar-refractivity contribution in [3.05, 3.63) is 35.9 Å². The van der Waals surface area contributed by atoms with Gasteiger partial charge in [-0.15, -0.1) is 0 Å². The minimum atomic E-state index is -0.168. The number of aromatic nitrogens is 3. The lowest BCUT2D eigenvalue weighted by Crippen LogP contribution is -2.20. The van der Waals surface area contributed by atoms with Crippen LogP contribution in [0.5, 0.6) is 11.5 Å². The fourth-order valence-electron chi connectivity index (χ4n) is 1.94. The molecular weight excluding hydrogens is 232 g/mol. The van der Waals surface area contributed by atoms with Gasteiger partial charge in [-0.25, -0.2) is 4.98 Å². The Bertz CT molecular complexity index is 477. The van der Waals surface area contributed by atoms with Gasteiger partial charge in [-0.2, -0.15) is 5.10 Å². The van der Waals surface area contributed by atoms with Crippen LogP contribution < -0.4 is 14.8 Å². The molecule has 0 bridgehead atoms. The second kappa shape index (κ2) is 5.50. The minimum absolute atomic E-state index is 0.168. The zero-order valence-electron chi connectivity index (χ0n) is 10.6. The molecule has 0 saturated heterocycles. The molecule has 0 saturated carbocycles. The average Bonchev–Trinajstić information content (AvgIpc) is 2.93. The van der Waals surface area contributed by atoms with E-state index in [9.17, 15) is 0 Å². The molecule has 1 unspecified atom stereocenters. The van der Waals surface area contributed by atoms with Crippen LogP contribution in [0, 0.1) is 0 Å². The lowest BCUT2D eigenvalue weighted by Gasteiger charge is -2.19. The molecule has 0 radical (unpaired) electrons. The van der Waals surface area contributed by atoms with Gasteiger partial charge in [0, 0.05) is 0 Å². The third kappa shape index (κ3) is 2.14. The number of methoxy groups -OCH3 is 2. The Labute approximate surface area is 105 Å². The van der Waals surface area contributed by atoms with Crippen molar-refractivity contribution in [3.8, 4) is 11.5 Å². The summed E-state index contributed by atoms with van der Waals surface area (Å²) in [6.45, 7) is 0. The maximum Gasteiger partial charge on any atom is 0.146 e. The number of ether oxygens (including phenoxy) is 2. The number of hydrogen-bond acceptors (Lipinski definition) is 5. The van der Waals surface area contributed by atoms with Crippen LogP contribution in [0.2, 0.25) is 0 Å². The van der Waals surface area contributed by atoms with Crippen LogP contribution in [0.1, 0.15) is 17.4 Å². The highest BCUT2D eigenvalue weighted by molar-refractivity contribution is 5.48. The minimum Gasteiger partial charge on any atom is -0.496 e. The number of hydrogen-bond donors (Lipinski definition) is 2. The molecule has 1 aromatic heterocycles. The van der Waals surface area contributed by atoms with Crippen LogP contribution in [0.15, 0.2) is 24.5 Å². The van der Waals surface area contributed by atoms with Crippen molar-refractivity contribution in [1.29, 1.82) is 0 Å². The summed E-state index contributed by atoms with van der Waals surface area (Å²) >= 11 is 0. The summed E-state index contributed by atoms with van der Waals surface area (Å²) in [6.07, 6.45) is 1.47. The molecule has 18 heavy (non-hydrogen) atoms. The monoisotopic (exact) mass is 248 g/mol. The number of benzene rings is 1. The van der Waals surface area contributed by atoms with Crippen LogP contribution in [0.25, 0.3) is 0 Å². The first-order valence-electron chi connectivity index (χ1n) is 5.55. The van der Waals surface area contributed by atoms with Crippen molar-refractivity contribution < 1.29 is 9.47 Å². The summed E-state index contributed by atoms with van der Waals surface area (Å²) in [5.41, 5.74) is 0.891. The van der Waals surface area contributed by atoms with E-state index in [2.05, 4.69) is 20.5 Å². The standard InChI is InChI=1S/C12H16N4O2/c1-13-11(12-14-7-15-16-12)10-8(17-2)5-4-6-9(10)18-3/h4-7,11,13H,1-3H3,(H,14,15,16). The Morgan fingerprint density at radius 2 is 1.89 bits per heavy atom. The molecule has 1 aromatic carbocycles. The summed E-state index contributed by atoms with van der Waals surface area (Å²) in [6, 6.07) is 5.49. The Balaban J connectivity index is 2.53. The third-order valence-corrected chi connectivity index (χ3v) is 2.75. The predicted octanol–water partition coefficient (Wildman–Crippen LogP) is 1.13. The third-order valence-electron chi connectivity index (χ3n) is 2.75. The number of rotatable bonds is 5. The van der Waals surface area contributed by atoms with Crippen LogP contribution in [0.3, 0.4) is 0 Å². The van der Waals surface area contributed by atoms with E-state index in [1.54, 1.807) is 14.2 Å². The summed E-state index contributed by atoms with van der Waals surface area (Å²) in [4.78, 5) is 4.17. The normalized spacial score (nSPS) is 12.2. The molecule has 6 nitrogen and oxygen atoms in total. The number of nitrogens with zero attached hydrogens (tertiary/aromatic N) is 2. The summed E-state index contributed by atoms with van der Waals surface area (Å²) < 4.78 is 10.8. The van der Waals surface area contributed by atoms with Crippen LogP contribution in [0.4, 0.5) is 0 Å². The van der Waals surface area contributed by atoms with Crippen molar-refractivity contribution in [2.24, 2.45) is 0 Å². The van der Waals surface area contributed by atoms with E-state index in [-0.39, 0.29) is 6.04 Å². The van der Waals surface area contributed by atoms with Crippen LogP contribution in [-0.4, -0.2) is 36.4 Å². The van der Waals surface area contributed by atoms with E-state index in [1.165, 1.54) is 6.33 Å². The zero-order valence-corrected chi connectivity index (χ0v) is 10.6. The van der Waals surface area contributed by atoms with Gasteiger partial charge in [-0.05, 0) is 19.2 Å². The van der Waals surface area contributed by atoms with Gasteiger partial charge < -0.3 is 14.8 Å². The molecule has 0 amide bonds. The summed E-state index contributed by atoms with van der Waals surface area (Å²) in [5, 5.41) is 9.90. The van der Waals surface area contributed by atoms with Gasteiger partial charge in [0.1, 0.15) is 23.7 Å². The molecule has 0 aliphatic carbocycles. The molecule has 2 rings (SSSR count). The maximum absolute atomic E-state index is 5.39. The fourth-order valence-corrected chi connectivity index (χ4v) is 1.94. The van der Waals surface area contributed by atoms with E-state index in [0.717, 1.165) is 17.1 Å². The molecule has 6 heteroatoms. The summed E-state index contributed by atoms with van der Waals surface area (Å²) in [7, 11) is 5.11. The van der Waals surface area contributed by atoms with Gasteiger partial charge in [0.2, 0.25) is 0 Å². The second-order valence-electron chi connectivity index (χ2n) is 3.67. The Hall–Kier alpha value is -2.08. The van der Waals surface area contributed by atoms with Crippen LogP contribution in [-0.2, 0) is 0 Å². The first-order valence-corrected chi connectivity index (χ1v) is 5.55. The largest absolute Gasteiger partial charge is 0.496 e. The van der Waals surface area contributed by atoms with E-state index >= 15 is 0 Å². The SMILES string of the molecule is CNC(c1ncn[nH]1)c1c(OC)cccc1OC. The van der Waals surface area contributed by atoms with Crippen molar-refractivity contribution in [1.82, 2.24) is 20.5 Å². The van der Waals surface area contributed by atoms with Crippen molar-refractivity contribution >= 4 is 0 Å². The lowest BCUT2D eigenvalue weighted by molar-refractivity contribution is 0.377. The first-order chi connectivity index (χ1) is 8.81. The Kier molecular flexibility index (Phi) is 3.78. The van der Waals surface area contributed by atoms with Crippen molar-refractivity contribution in [2.75, 3.05) is 21.3 Å². The number of aromatic amines is 1. The molecule has 1 heterocycles. The van der Waals surface area contributed by atoms with Crippen molar-refractivity contribution in [2.45, 2.75) is 6.04 Å². The summed E-state index contributed by atoms with van der Waals surface area (Å²) in [5.74, 6) is 2.19.